The van der Waals surface area contributed by atoms with Gasteiger partial charge in [0.1, 0.15) is 0 Å². The van der Waals surface area contributed by atoms with E-state index in [9.17, 15) is 14.4 Å². The number of carboxylic acid groups (broad SMARTS) is 1. The highest BCUT2D eigenvalue weighted by Crippen LogP contribution is 2.27. The predicted octanol–water partition coefficient (Wildman–Crippen LogP) is 2.03. The quantitative estimate of drug-likeness (QED) is 0.826. The molecule has 1 aromatic rings. The van der Waals surface area contributed by atoms with E-state index in [2.05, 4.69) is 0 Å². The van der Waals surface area contributed by atoms with E-state index in [4.69, 9.17) is 5.11 Å². The van der Waals surface area contributed by atoms with Crippen molar-refractivity contribution in [3.8, 4) is 0 Å². The van der Waals surface area contributed by atoms with Gasteiger partial charge in [0, 0.05) is 6.54 Å². The highest BCUT2D eigenvalue weighted by atomic mass is 16.4. The molecule has 0 saturated heterocycles. The fraction of sp³-hybridized carbons (Fsp3) is 0.357. The smallest absolute Gasteiger partial charge is 0.335 e. The molecule has 0 radical (unpaired) electrons. The first-order valence-electron chi connectivity index (χ1n) is 5.94. The van der Waals surface area contributed by atoms with Gasteiger partial charge in [-0.15, -0.1) is 0 Å². The third-order valence-corrected chi connectivity index (χ3v) is 2.85. The number of hydrogen-bond donors (Lipinski definition) is 1. The lowest BCUT2D eigenvalue weighted by Crippen LogP contribution is -2.37. The summed E-state index contributed by atoms with van der Waals surface area (Å²) >= 11 is 0. The molecule has 0 fully saturated rings. The number of fused-ring (bicyclic) bond motifs is 1. The van der Waals surface area contributed by atoms with Gasteiger partial charge in [-0.2, -0.15) is 0 Å². The van der Waals surface area contributed by atoms with E-state index in [-0.39, 0.29) is 28.0 Å². The van der Waals surface area contributed by atoms with Gasteiger partial charge in [-0.25, -0.2) is 4.79 Å². The van der Waals surface area contributed by atoms with Crippen molar-refractivity contribution in [3.05, 3.63) is 34.9 Å². The third kappa shape index (κ3) is 2.36. The number of amides is 2. The Labute approximate surface area is 110 Å². The van der Waals surface area contributed by atoms with Crippen LogP contribution < -0.4 is 0 Å². The first-order chi connectivity index (χ1) is 8.70. The molecule has 5 nitrogen and oxygen atoms in total. The molecule has 2 amide bonds. The zero-order chi connectivity index (χ0) is 14.4. The molecular formula is C14H15NO4. The summed E-state index contributed by atoms with van der Waals surface area (Å²) < 4.78 is 0. The highest BCUT2D eigenvalue weighted by molar-refractivity contribution is 6.21. The molecule has 0 unspecified atom stereocenters. The van der Waals surface area contributed by atoms with Gasteiger partial charge in [0.2, 0.25) is 0 Å². The van der Waals surface area contributed by atoms with E-state index in [1.165, 1.54) is 23.1 Å². The van der Waals surface area contributed by atoms with Gasteiger partial charge in [0.05, 0.1) is 16.7 Å². The molecule has 0 atom stereocenters. The standard InChI is InChI=1S/C14H15NO4/c1-14(2,3)7-15-11(16)9-5-4-8(13(18)19)6-10(9)12(15)17/h4-6H,7H2,1-3H3,(H,18,19). The molecule has 2 rings (SSSR count). The second kappa shape index (κ2) is 4.19. The van der Waals surface area contributed by atoms with Gasteiger partial charge >= 0.3 is 5.97 Å². The monoisotopic (exact) mass is 261 g/mol. The molecule has 5 heteroatoms. The van der Waals surface area contributed by atoms with E-state index in [0.717, 1.165) is 0 Å². The summed E-state index contributed by atoms with van der Waals surface area (Å²) in [5, 5.41) is 8.91. The summed E-state index contributed by atoms with van der Waals surface area (Å²) in [6, 6.07) is 4.01. The molecule has 0 saturated carbocycles. The van der Waals surface area contributed by atoms with Crippen molar-refractivity contribution >= 4 is 17.8 Å². The molecule has 19 heavy (non-hydrogen) atoms. The van der Waals surface area contributed by atoms with Crippen LogP contribution in [0.2, 0.25) is 0 Å². The zero-order valence-electron chi connectivity index (χ0n) is 11.1. The number of imide groups is 1. The molecule has 0 bridgehead atoms. The Hall–Kier alpha value is -2.17. The van der Waals surface area contributed by atoms with Gasteiger partial charge in [0.15, 0.2) is 0 Å². The van der Waals surface area contributed by atoms with Crippen molar-refractivity contribution in [1.82, 2.24) is 4.90 Å². The van der Waals surface area contributed by atoms with Gasteiger partial charge < -0.3 is 5.11 Å². The average molecular weight is 261 g/mol. The van der Waals surface area contributed by atoms with Crippen molar-refractivity contribution in [1.29, 1.82) is 0 Å². The van der Waals surface area contributed by atoms with E-state index < -0.39 is 11.9 Å². The highest BCUT2D eigenvalue weighted by Gasteiger charge is 2.37. The Morgan fingerprint density at radius 1 is 1.16 bits per heavy atom. The maximum atomic E-state index is 12.2. The minimum Gasteiger partial charge on any atom is -0.478 e. The largest absolute Gasteiger partial charge is 0.478 e. The van der Waals surface area contributed by atoms with Crippen LogP contribution in [0.3, 0.4) is 0 Å². The molecule has 1 aliphatic rings. The number of hydrogen-bond acceptors (Lipinski definition) is 3. The number of aromatic carboxylic acids is 1. The zero-order valence-corrected chi connectivity index (χ0v) is 11.1. The fourth-order valence-electron chi connectivity index (χ4n) is 2.04. The minimum absolute atomic E-state index is 0.0116. The van der Waals surface area contributed by atoms with Crippen LogP contribution in [-0.4, -0.2) is 34.3 Å². The molecule has 100 valence electrons. The van der Waals surface area contributed by atoms with Crippen LogP contribution in [0, 0.1) is 5.41 Å². The Morgan fingerprint density at radius 2 is 1.74 bits per heavy atom. The molecule has 1 heterocycles. The molecule has 1 aromatic carbocycles. The maximum absolute atomic E-state index is 12.2. The van der Waals surface area contributed by atoms with Gasteiger partial charge in [0.25, 0.3) is 11.8 Å². The van der Waals surface area contributed by atoms with Crippen LogP contribution in [0.5, 0.6) is 0 Å². The van der Waals surface area contributed by atoms with E-state index in [1.807, 2.05) is 20.8 Å². The van der Waals surface area contributed by atoms with E-state index in [0.29, 0.717) is 6.54 Å². The Kier molecular flexibility index (Phi) is 2.92. The number of carboxylic acids is 1. The number of carbonyl (C=O) groups is 3. The summed E-state index contributed by atoms with van der Waals surface area (Å²) in [6.07, 6.45) is 0. The van der Waals surface area contributed by atoms with Crippen molar-refractivity contribution < 1.29 is 19.5 Å². The number of carbonyl (C=O) groups excluding carboxylic acids is 2. The van der Waals surface area contributed by atoms with Crippen molar-refractivity contribution in [2.75, 3.05) is 6.54 Å². The molecule has 0 aliphatic carbocycles. The number of nitrogens with zero attached hydrogens (tertiary/aromatic N) is 1. The molecule has 0 aromatic heterocycles. The topological polar surface area (TPSA) is 74.7 Å². The van der Waals surface area contributed by atoms with Crippen LogP contribution >= 0.6 is 0 Å². The first kappa shape index (κ1) is 13.3. The Morgan fingerprint density at radius 3 is 2.26 bits per heavy atom. The lowest BCUT2D eigenvalue weighted by molar-refractivity contribution is 0.0599. The summed E-state index contributed by atoms with van der Waals surface area (Å²) in [4.78, 5) is 36.4. The van der Waals surface area contributed by atoms with Crippen molar-refractivity contribution in [2.45, 2.75) is 20.8 Å². The van der Waals surface area contributed by atoms with Gasteiger partial charge in [-0.05, 0) is 23.6 Å². The Bertz CT molecular complexity index is 584. The SMILES string of the molecule is CC(C)(C)CN1C(=O)c2ccc(C(=O)O)cc2C1=O. The first-order valence-corrected chi connectivity index (χ1v) is 5.94. The second-order valence-electron chi connectivity index (χ2n) is 5.82. The van der Waals surface area contributed by atoms with E-state index >= 15 is 0 Å². The fourth-order valence-corrected chi connectivity index (χ4v) is 2.04. The van der Waals surface area contributed by atoms with Gasteiger partial charge in [-0.1, -0.05) is 20.8 Å². The lowest BCUT2D eigenvalue weighted by atomic mass is 9.96. The Balaban J connectivity index is 2.42. The average Bonchev–Trinajstić information content (AvgIpc) is 2.52. The summed E-state index contributed by atoms with van der Waals surface area (Å²) in [7, 11) is 0. The summed E-state index contributed by atoms with van der Waals surface area (Å²) in [6.45, 7) is 6.10. The maximum Gasteiger partial charge on any atom is 0.335 e. The predicted molar refractivity (Wildman–Crippen MR) is 68.2 cm³/mol. The van der Waals surface area contributed by atoms with Crippen LogP contribution in [0.25, 0.3) is 0 Å². The van der Waals surface area contributed by atoms with Crippen LogP contribution in [0.1, 0.15) is 51.8 Å². The van der Waals surface area contributed by atoms with Gasteiger partial charge in [-0.3, -0.25) is 14.5 Å². The molecule has 1 N–H and O–H groups in total. The molecule has 1 aliphatic heterocycles. The lowest BCUT2D eigenvalue weighted by Gasteiger charge is -2.24. The van der Waals surface area contributed by atoms with Crippen LogP contribution in [0.15, 0.2) is 18.2 Å². The number of benzene rings is 1. The number of rotatable bonds is 2. The van der Waals surface area contributed by atoms with E-state index in [1.54, 1.807) is 0 Å². The third-order valence-electron chi connectivity index (χ3n) is 2.85. The van der Waals surface area contributed by atoms with Crippen LogP contribution in [-0.2, 0) is 0 Å². The van der Waals surface area contributed by atoms with Crippen molar-refractivity contribution in [3.63, 3.8) is 0 Å². The normalized spacial score (nSPS) is 14.8. The summed E-state index contributed by atoms with van der Waals surface area (Å²) in [5.41, 5.74) is 0.258. The van der Waals surface area contributed by atoms with Crippen LogP contribution in [0.4, 0.5) is 0 Å². The molecule has 0 spiro atoms. The minimum atomic E-state index is -1.11. The summed E-state index contributed by atoms with van der Waals surface area (Å²) in [5.74, 6) is -1.89. The second-order valence-corrected chi connectivity index (χ2v) is 5.82. The molecular weight excluding hydrogens is 246 g/mol. The van der Waals surface area contributed by atoms with Crippen molar-refractivity contribution in [2.24, 2.45) is 5.41 Å².